The van der Waals surface area contributed by atoms with Crippen molar-refractivity contribution < 1.29 is 13.9 Å². The van der Waals surface area contributed by atoms with Gasteiger partial charge in [0.25, 0.3) is 0 Å². The minimum atomic E-state index is -0.459. The minimum absolute atomic E-state index is 0.236. The Bertz CT molecular complexity index is 657. The predicted molar refractivity (Wildman–Crippen MR) is 77.0 cm³/mol. The van der Waals surface area contributed by atoms with Gasteiger partial charge >= 0.3 is 5.97 Å². The van der Waals surface area contributed by atoms with E-state index in [0.29, 0.717) is 16.9 Å². The van der Waals surface area contributed by atoms with E-state index in [1.807, 2.05) is 6.07 Å². The Hall–Kier alpha value is -2.42. The molecule has 2 aromatic carbocycles. The van der Waals surface area contributed by atoms with Crippen LogP contribution in [0.25, 0.3) is 11.1 Å². The molecule has 0 atom stereocenters. The van der Waals surface area contributed by atoms with Crippen molar-refractivity contribution in [3.8, 4) is 16.9 Å². The van der Waals surface area contributed by atoms with E-state index in [4.69, 9.17) is 4.74 Å². The molecule has 3 heteroatoms. The number of carbonyl (C=O) groups is 1. The molecule has 0 aliphatic carbocycles. The maximum absolute atomic E-state index is 13.5. The van der Waals surface area contributed by atoms with Crippen LogP contribution in [0.4, 0.5) is 4.39 Å². The van der Waals surface area contributed by atoms with E-state index in [1.165, 1.54) is 6.07 Å². The molecule has 0 saturated carbocycles. The highest BCUT2D eigenvalue weighted by Gasteiger charge is 2.06. The number of ether oxygens (including phenoxy) is 1. The number of benzene rings is 2. The number of halogens is 1. The molecule has 2 aromatic rings. The van der Waals surface area contributed by atoms with E-state index < -0.39 is 5.97 Å². The van der Waals surface area contributed by atoms with Gasteiger partial charge in [0, 0.05) is 5.57 Å². The summed E-state index contributed by atoms with van der Waals surface area (Å²) in [6.45, 7) is 6.83. The number of carbonyl (C=O) groups excluding carboxylic acids is 1. The van der Waals surface area contributed by atoms with Crippen LogP contribution >= 0.6 is 0 Å². The molecule has 0 aliphatic heterocycles. The molecular formula is C17H15FO2. The quantitative estimate of drug-likeness (QED) is 0.472. The van der Waals surface area contributed by atoms with Gasteiger partial charge in [0.15, 0.2) is 0 Å². The minimum Gasteiger partial charge on any atom is -0.423 e. The molecule has 0 unspecified atom stereocenters. The smallest absolute Gasteiger partial charge is 0.338 e. The zero-order valence-electron chi connectivity index (χ0n) is 11.4. The molecule has 0 fully saturated rings. The maximum Gasteiger partial charge on any atom is 0.338 e. The molecule has 0 saturated heterocycles. The first-order valence-corrected chi connectivity index (χ1v) is 6.21. The third-order valence-corrected chi connectivity index (χ3v) is 2.92. The van der Waals surface area contributed by atoms with Gasteiger partial charge in [0.05, 0.1) is 0 Å². The van der Waals surface area contributed by atoms with Crippen molar-refractivity contribution >= 4 is 5.97 Å². The summed E-state index contributed by atoms with van der Waals surface area (Å²) in [6, 6.07) is 12.0. The van der Waals surface area contributed by atoms with Gasteiger partial charge in [-0.05, 0) is 48.7 Å². The van der Waals surface area contributed by atoms with Gasteiger partial charge in [0.1, 0.15) is 11.6 Å². The van der Waals surface area contributed by atoms with Crippen LogP contribution in [0.1, 0.15) is 12.5 Å². The molecule has 0 aliphatic rings. The summed E-state index contributed by atoms with van der Waals surface area (Å²) in [6.07, 6.45) is 0. The van der Waals surface area contributed by atoms with Crippen molar-refractivity contribution in [1.29, 1.82) is 0 Å². The van der Waals surface area contributed by atoms with E-state index in [9.17, 15) is 9.18 Å². The molecule has 0 heterocycles. The van der Waals surface area contributed by atoms with Crippen molar-refractivity contribution in [1.82, 2.24) is 0 Å². The third kappa shape index (κ3) is 3.12. The molecule has 0 amide bonds. The lowest BCUT2D eigenvalue weighted by molar-refractivity contribution is -0.130. The molecule has 20 heavy (non-hydrogen) atoms. The summed E-state index contributed by atoms with van der Waals surface area (Å²) in [4.78, 5) is 11.4. The van der Waals surface area contributed by atoms with Gasteiger partial charge in [0.2, 0.25) is 0 Å². The third-order valence-electron chi connectivity index (χ3n) is 2.92. The Labute approximate surface area is 117 Å². The summed E-state index contributed by atoms with van der Waals surface area (Å²) in [5.41, 5.74) is 2.60. The highest BCUT2D eigenvalue weighted by atomic mass is 19.1. The van der Waals surface area contributed by atoms with Crippen LogP contribution in [-0.4, -0.2) is 5.97 Å². The number of hydrogen-bond donors (Lipinski definition) is 0. The molecular weight excluding hydrogens is 255 g/mol. The number of esters is 1. The normalized spacial score (nSPS) is 10.2. The SMILES string of the molecule is C=C(C)C(=O)Oc1ccc(-c2ccc(C)c(F)c2)cc1. The summed E-state index contributed by atoms with van der Waals surface area (Å²) in [7, 11) is 0. The summed E-state index contributed by atoms with van der Waals surface area (Å²) in [5.74, 6) is -0.256. The molecule has 2 rings (SSSR count). The molecule has 0 radical (unpaired) electrons. The number of aryl methyl sites for hydroxylation is 1. The highest BCUT2D eigenvalue weighted by Crippen LogP contribution is 2.24. The Kier molecular flexibility index (Phi) is 3.99. The van der Waals surface area contributed by atoms with Gasteiger partial charge in [-0.1, -0.05) is 30.8 Å². The first-order valence-electron chi connectivity index (χ1n) is 6.21. The number of hydrogen-bond acceptors (Lipinski definition) is 2. The maximum atomic E-state index is 13.5. The fraction of sp³-hybridized carbons (Fsp3) is 0.118. The van der Waals surface area contributed by atoms with Crippen molar-refractivity contribution in [3.63, 3.8) is 0 Å². The van der Waals surface area contributed by atoms with Crippen LogP contribution in [0.2, 0.25) is 0 Å². The van der Waals surface area contributed by atoms with Crippen molar-refractivity contribution in [2.24, 2.45) is 0 Å². The second kappa shape index (κ2) is 5.70. The zero-order valence-corrected chi connectivity index (χ0v) is 11.4. The monoisotopic (exact) mass is 270 g/mol. The second-order valence-electron chi connectivity index (χ2n) is 4.66. The van der Waals surface area contributed by atoms with Crippen molar-refractivity contribution in [3.05, 3.63) is 66.0 Å². The van der Waals surface area contributed by atoms with Crippen LogP contribution in [0, 0.1) is 12.7 Å². The summed E-state index contributed by atoms with van der Waals surface area (Å²) < 4.78 is 18.6. The molecule has 0 aromatic heterocycles. The lowest BCUT2D eigenvalue weighted by Crippen LogP contribution is -2.07. The summed E-state index contributed by atoms with van der Waals surface area (Å²) >= 11 is 0. The van der Waals surface area contributed by atoms with E-state index in [2.05, 4.69) is 6.58 Å². The molecule has 0 spiro atoms. The Morgan fingerprint density at radius 3 is 2.25 bits per heavy atom. The second-order valence-corrected chi connectivity index (χ2v) is 4.66. The van der Waals surface area contributed by atoms with E-state index >= 15 is 0 Å². The van der Waals surface area contributed by atoms with Gasteiger partial charge in [-0.15, -0.1) is 0 Å². The first-order chi connectivity index (χ1) is 9.47. The standard InChI is InChI=1S/C17H15FO2/c1-11(2)17(19)20-15-8-6-13(7-9-15)14-5-4-12(3)16(18)10-14/h4-10H,1H2,2-3H3. The van der Waals surface area contributed by atoms with E-state index in [0.717, 1.165) is 11.1 Å². The van der Waals surface area contributed by atoms with Crippen molar-refractivity contribution in [2.75, 3.05) is 0 Å². The van der Waals surface area contributed by atoms with Crippen molar-refractivity contribution in [2.45, 2.75) is 13.8 Å². The fourth-order valence-corrected chi connectivity index (χ4v) is 1.68. The molecule has 0 bridgehead atoms. The van der Waals surface area contributed by atoms with Gasteiger partial charge in [-0.25, -0.2) is 9.18 Å². The van der Waals surface area contributed by atoms with Gasteiger partial charge < -0.3 is 4.74 Å². The average Bonchev–Trinajstić information content (AvgIpc) is 2.42. The zero-order chi connectivity index (χ0) is 14.7. The van der Waals surface area contributed by atoms with Gasteiger partial charge in [-0.3, -0.25) is 0 Å². The fourth-order valence-electron chi connectivity index (χ4n) is 1.68. The topological polar surface area (TPSA) is 26.3 Å². The molecule has 102 valence electrons. The Morgan fingerprint density at radius 2 is 1.70 bits per heavy atom. The Balaban J connectivity index is 2.21. The highest BCUT2D eigenvalue weighted by molar-refractivity contribution is 5.88. The van der Waals surface area contributed by atoms with Crippen LogP contribution in [0.3, 0.4) is 0 Å². The van der Waals surface area contributed by atoms with Crippen LogP contribution < -0.4 is 4.74 Å². The largest absolute Gasteiger partial charge is 0.423 e. The molecule has 2 nitrogen and oxygen atoms in total. The summed E-state index contributed by atoms with van der Waals surface area (Å²) in [5, 5.41) is 0. The average molecular weight is 270 g/mol. The predicted octanol–water partition coefficient (Wildman–Crippen LogP) is 4.28. The Morgan fingerprint density at radius 1 is 1.10 bits per heavy atom. The molecule has 0 N–H and O–H groups in total. The van der Waals surface area contributed by atoms with Crippen LogP contribution in [-0.2, 0) is 4.79 Å². The van der Waals surface area contributed by atoms with E-state index in [-0.39, 0.29) is 5.82 Å². The lowest BCUT2D eigenvalue weighted by atomic mass is 10.0. The van der Waals surface area contributed by atoms with Crippen LogP contribution in [0.5, 0.6) is 5.75 Å². The number of rotatable bonds is 3. The van der Waals surface area contributed by atoms with E-state index in [1.54, 1.807) is 44.2 Å². The van der Waals surface area contributed by atoms with Crippen LogP contribution in [0.15, 0.2) is 54.6 Å². The lowest BCUT2D eigenvalue weighted by Gasteiger charge is -2.06. The first kappa shape index (κ1) is 14.0. The van der Waals surface area contributed by atoms with Gasteiger partial charge in [-0.2, -0.15) is 0 Å².